The molecule has 1 aromatic carbocycles. The van der Waals surface area contributed by atoms with E-state index in [2.05, 4.69) is 15.9 Å². The van der Waals surface area contributed by atoms with Crippen molar-refractivity contribution in [2.75, 3.05) is 20.3 Å². The van der Waals surface area contributed by atoms with Gasteiger partial charge in [-0.15, -0.1) is 11.8 Å². The van der Waals surface area contributed by atoms with Crippen LogP contribution >= 0.6 is 11.8 Å². The van der Waals surface area contributed by atoms with Crippen LogP contribution in [0.3, 0.4) is 0 Å². The molecule has 3 rings (SSSR count). The molecule has 25 heavy (non-hydrogen) atoms. The fourth-order valence-electron chi connectivity index (χ4n) is 2.78. The minimum atomic E-state index is -0.468. The van der Waals surface area contributed by atoms with Crippen LogP contribution in [0.25, 0.3) is 15.7 Å². The Balaban J connectivity index is 1.90. The molecule has 1 heterocycles. The standard InChI is InChI=1S/C19H21N2O3S/c1-3-23-18(22)19(8-4-9-19)25-17-7-10-21-16-6-5-14(13-15(16)17)24-12-11-20-2/h5-7,10,13H,3-4,8-9,12H2,1-2H3/q+1. The van der Waals surface area contributed by atoms with Gasteiger partial charge in [0, 0.05) is 16.5 Å². The maximum Gasteiger partial charge on any atom is 0.322 e. The highest BCUT2D eigenvalue weighted by molar-refractivity contribution is 8.01. The summed E-state index contributed by atoms with van der Waals surface area (Å²) in [5.41, 5.74) is 0.879. The molecule has 1 aliphatic carbocycles. The van der Waals surface area contributed by atoms with Crippen molar-refractivity contribution >= 4 is 28.6 Å². The van der Waals surface area contributed by atoms with Crippen molar-refractivity contribution in [2.24, 2.45) is 0 Å². The van der Waals surface area contributed by atoms with Gasteiger partial charge in [-0.3, -0.25) is 9.78 Å². The van der Waals surface area contributed by atoms with Crippen LogP contribution in [0.5, 0.6) is 5.75 Å². The number of ether oxygens (including phenoxy) is 2. The number of hydrogen-bond acceptors (Lipinski definition) is 5. The van der Waals surface area contributed by atoms with Gasteiger partial charge >= 0.3 is 12.0 Å². The van der Waals surface area contributed by atoms with E-state index in [4.69, 9.17) is 9.47 Å². The van der Waals surface area contributed by atoms with E-state index in [9.17, 15) is 4.79 Å². The first-order valence-electron chi connectivity index (χ1n) is 8.38. The van der Waals surface area contributed by atoms with Gasteiger partial charge in [0.15, 0.2) is 0 Å². The molecule has 2 aromatic rings. The Hall–Kier alpha value is -2.26. The number of fused-ring (bicyclic) bond motifs is 1. The molecular formula is C19H21N2O3S+. The van der Waals surface area contributed by atoms with Crippen molar-refractivity contribution in [3.63, 3.8) is 0 Å². The van der Waals surface area contributed by atoms with E-state index in [1.165, 1.54) is 0 Å². The van der Waals surface area contributed by atoms with Crippen LogP contribution in [-0.2, 0) is 9.53 Å². The first kappa shape index (κ1) is 17.6. The van der Waals surface area contributed by atoms with Crippen molar-refractivity contribution in [1.82, 2.24) is 4.98 Å². The number of thioether (sulfide) groups is 1. The van der Waals surface area contributed by atoms with Crippen molar-refractivity contribution in [3.8, 4) is 11.8 Å². The van der Waals surface area contributed by atoms with Crippen LogP contribution in [0.15, 0.2) is 35.4 Å². The van der Waals surface area contributed by atoms with E-state index in [-0.39, 0.29) is 5.97 Å². The molecule has 1 fully saturated rings. The summed E-state index contributed by atoms with van der Waals surface area (Å²) in [7, 11) is 1.66. The Morgan fingerprint density at radius 2 is 2.24 bits per heavy atom. The van der Waals surface area contributed by atoms with E-state index in [0.717, 1.165) is 40.8 Å². The number of nitrogens with zero attached hydrogens (tertiary/aromatic N) is 2. The molecule has 0 N–H and O–H groups in total. The molecule has 0 unspecified atom stereocenters. The summed E-state index contributed by atoms with van der Waals surface area (Å²) in [6.07, 6.45) is 4.52. The molecule has 5 nitrogen and oxygen atoms in total. The van der Waals surface area contributed by atoms with Gasteiger partial charge in [0.25, 0.3) is 7.05 Å². The van der Waals surface area contributed by atoms with E-state index in [1.54, 1.807) is 25.0 Å². The third kappa shape index (κ3) is 3.72. The number of hydrogen-bond donors (Lipinski definition) is 0. The number of esters is 1. The van der Waals surface area contributed by atoms with E-state index in [1.807, 2.05) is 31.2 Å². The number of carbonyl (C=O) groups excluding carboxylic acids is 1. The molecule has 6 heteroatoms. The summed E-state index contributed by atoms with van der Waals surface area (Å²) in [6.45, 7) is 2.56. The molecule has 1 saturated carbocycles. The first-order chi connectivity index (χ1) is 12.2. The number of rotatable bonds is 6. The SMILES string of the molecule is CCOC(=O)C1(Sc2ccnc3ccc(OCC#[N+]C)cc23)CCC1. The number of benzene rings is 1. The Labute approximate surface area is 151 Å². The molecule has 0 spiro atoms. The molecule has 1 aliphatic rings. The third-order valence-electron chi connectivity index (χ3n) is 4.25. The number of aromatic nitrogens is 1. The van der Waals surface area contributed by atoms with Crippen LogP contribution in [0, 0.1) is 6.07 Å². The van der Waals surface area contributed by atoms with E-state index in [0.29, 0.717) is 13.2 Å². The zero-order chi connectivity index (χ0) is 17.7. The summed E-state index contributed by atoms with van der Waals surface area (Å²) in [5, 5.41) is 0.981. The van der Waals surface area contributed by atoms with Gasteiger partial charge in [0.05, 0.1) is 12.1 Å². The van der Waals surface area contributed by atoms with E-state index >= 15 is 0 Å². The summed E-state index contributed by atoms with van der Waals surface area (Å²) in [6, 6.07) is 10.5. The second kappa shape index (κ2) is 7.75. The van der Waals surface area contributed by atoms with E-state index < -0.39 is 4.75 Å². The molecule has 0 aliphatic heterocycles. The smallest absolute Gasteiger partial charge is 0.322 e. The minimum absolute atomic E-state index is 0.114. The molecule has 0 saturated heterocycles. The number of pyridine rings is 1. The molecule has 130 valence electrons. The highest BCUT2D eigenvalue weighted by Crippen LogP contribution is 2.50. The summed E-state index contributed by atoms with van der Waals surface area (Å²) >= 11 is 1.59. The van der Waals surface area contributed by atoms with Crippen molar-refractivity contribution < 1.29 is 14.3 Å². The van der Waals surface area contributed by atoms with Gasteiger partial charge in [-0.25, -0.2) is 0 Å². The topological polar surface area (TPSA) is 52.8 Å². The van der Waals surface area contributed by atoms with Crippen LogP contribution in [0.2, 0.25) is 0 Å². The molecule has 1 aromatic heterocycles. The van der Waals surface area contributed by atoms with Crippen molar-refractivity contribution in [2.45, 2.75) is 35.8 Å². The fourth-order valence-corrected chi connectivity index (χ4v) is 4.24. The summed E-state index contributed by atoms with van der Waals surface area (Å²) in [4.78, 5) is 21.7. The van der Waals surface area contributed by atoms with Crippen LogP contribution in [0.4, 0.5) is 0 Å². The Morgan fingerprint density at radius 1 is 1.40 bits per heavy atom. The lowest BCUT2D eigenvalue weighted by molar-refractivity contribution is -0.148. The van der Waals surface area contributed by atoms with Crippen molar-refractivity contribution in [3.05, 3.63) is 35.3 Å². The van der Waals surface area contributed by atoms with Gasteiger partial charge in [0.2, 0.25) is 6.61 Å². The zero-order valence-electron chi connectivity index (χ0n) is 14.4. The Morgan fingerprint density at radius 3 is 2.92 bits per heavy atom. The average molecular weight is 357 g/mol. The van der Waals surface area contributed by atoms with Gasteiger partial charge < -0.3 is 9.47 Å². The second-order valence-electron chi connectivity index (χ2n) is 5.83. The minimum Gasteiger partial charge on any atom is -0.474 e. The monoisotopic (exact) mass is 357 g/mol. The lowest BCUT2D eigenvalue weighted by Crippen LogP contribution is -2.43. The highest BCUT2D eigenvalue weighted by atomic mass is 32.2. The summed E-state index contributed by atoms with van der Waals surface area (Å²) in [5.74, 6) is 0.620. The molecule has 0 bridgehead atoms. The Bertz CT molecular complexity index is 837. The fraction of sp³-hybridized carbons (Fsp3) is 0.421. The number of carbonyl (C=O) groups is 1. The predicted octanol–water partition coefficient (Wildman–Crippen LogP) is 4.15. The molecule has 0 radical (unpaired) electrons. The normalized spacial score (nSPS) is 15.0. The largest absolute Gasteiger partial charge is 0.474 e. The quantitative estimate of drug-likeness (QED) is 0.727. The average Bonchev–Trinajstić information content (AvgIpc) is 2.58. The van der Waals surface area contributed by atoms with Gasteiger partial charge in [-0.2, -0.15) is 0 Å². The van der Waals surface area contributed by atoms with Crippen LogP contribution in [-0.4, -0.2) is 36.0 Å². The van der Waals surface area contributed by atoms with Crippen LogP contribution in [0.1, 0.15) is 26.2 Å². The van der Waals surface area contributed by atoms with Crippen molar-refractivity contribution in [1.29, 1.82) is 0 Å². The third-order valence-corrected chi connectivity index (χ3v) is 5.79. The second-order valence-corrected chi connectivity index (χ2v) is 7.25. The summed E-state index contributed by atoms with van der Waals surface area (Å²) < 4.78 is 10.5. The Kier molecular flexibility index (Phi) is 5.44. The lowest BCUT2D eigenvalue weighted by Gasteiger charge is -2.38. The maximum atomic E-state index is 12.4. The molecular weight excluding hydrogens is 336 g/mol. The van der Waals surface area contributed by atoms with Crippen LogP contribution < -0.4 is 4.74 Å². The highest BCUT2D eigenvalue weighted by Gasteiger charge is 2.46. The predicted molar refractivity (Wildman–Crippen MR) is 99.5 cm³/mol. The van der Waals surface area contributed by atoms with Gasteiger partial charge in [0.1, 0.15) is 10.5 Å². The lowest BCUT2D eigenvalue weighted by atomic mass is 9.84. The first-order valence-corrected chi connectivity index (χ1v) is 9.19. The van der Waals surface area contributed by atoms with Gasteiger partial charge in [-0.05, 0) is 50.5 Å². The zero-order valence-corrected chi connectivity index (χ0v) is 15.3. The maximum absolute atomic E-state index is 12.4. The van der Waals surface area contributed by atoms with Gasteiger partial charge in [-0.1, -0.05) is 4.85 Å². The molecule has 0 atom stereocenters. The molecule has 0 amide bonds.